The largest absolute Gasteiger partial charge is 0.483 e. The Morgan fingerprint density at radius 3 is 2.42 bits per heavy atom. The average molecular weight is 529 g/mol. The molecule has 0 bridgehead atoms. The maximum Gasteiger partial charge on any atom is 0.316 e. The van der Waals surface area contributed by atoms with Crippen molar-refractivity contribution in [3.8, 4) is 11.4 Å². The summed E-state index contributed by atoms with van der Waals surface area (Å²) < 4.78 is 35.6. The first-order valence-corrected chi connectivity index (χ1v) is 14.0. The molecule has 36 heavy (non-hydrogen) atoms. The molecule has 0 unspecified atom stereocenters. The molecule has 1 saturated carbocycles. The van der Waals surface area contributed by atoms with Crippen LogP contribution in [0, 0.1) is 6.92 Å². The molecule has 3 aromatic rings. The van der Waals surface area contributed by atoms with Crippen molar-refractivity contribution in [2.45, 2.75) is 43.6 Å². The van der Waals surface area contributed by atoms with Crippen molar-refractivity contribution in [1.29, 1.82) is 0 Å². The molecule has 2 fully saturated rings. The molecule has 2 heterocycles. The van der Waals surface area contributed by atoms with E-state index in [4.69, 9.17) is 16.3 Å². The molecule has 10 heteroatoms. The molecule has 1 aromatic heterocycles. The number of hydrogen-bond donors (Lipinski definition) is 0. The smallest absolute Gasteiger partial charge is 0.316 e. The number of benzene rings is 2. The van der Waals surface area contributed by atoms with Gasteiger partial charge in [0.15, 0.2) is 0 Å². The third kappa shape index (κ3) is 4.87. The maximum absolute atomic E-state index is 13.6. The predicted molar refractivity (Wildman–Crippen MR) is 140 cm³/mol. The molecule has 0 amide bonds. The summed E-state index contributed by atoms with van der Waals surface area (Å²) in [4.78, 5) is 15.9. The zero-order valence-corrected chi connectivity index (χ0v) is 21.7. The van der Waals surface area contributed by atoms with E-state index in [1.807, 2.05) is 11.0 Å². The van der Waals surface area contributed by atoms with Gasteiger partial charge in [0, 0.05) is 31.2 Å². The van der Waals surface area contributed by atoms with Gasteiger partial charge in [-0.2, -0.15) is 14.1 Å². The highest BCUT2D eigenvalue weighted by Gasteiger charge is 2.32. The van der Waals surface area contributed by atoms with Gasteiger partial charge in [0.1, 0.15) is 5.69 Å². The summed E-state index contributed by atoms with van der Waals surface area (Å²) in [5.41, 5.74) is 1.53. The predicted octanol–water partition coefficient (Wildman–Crippen LogP) is 4.03. The van der Waals surface area contributed by atoms with Crippen molar-refractivity contribution < 1.29 is 13.2 Å². The Morgan fingerprint density at radius 1 is 1.00 bits per heavy atom. The molecule has 0 N–H and O–H groups in total. The Hall–Kier alpha value is -2.88. The van der Waals surface area contributed by atoms with Gasteiger partial charge in [-0.3, -0.25) is 4.79 Å². The van der Waals surface area contributed by atoms with Crippen LogP contribution in [0.3, 0.4) is 0 Å². The van der Waals surface area contributed by atoms with Crippen molar-refractivity contribution in [2.24, 2.45) is 0 Å². The van der Waals surface area contributed by atoms with Crippen LogP contribution < -0.4 is 15.2 Å². The molecule has 5 rings (SSSR count). The lowest BCUT2D eigenvalue weighted by Gasteiger charge is -2.36. The Morgan fingerprint density at radius 2 is 1.72 bits per heavy atom. The third-order valence-corrected chi connectivity index (χ3v) is 9.14. The monoisotopic (exact) mass is 528 g/mol. The number of aromatic nitrogens is 2. The molecule has 1 aliphatic heterocycles. The van der Waals surface area contributed by atoms with Crippen LogP contribution in [0.1, 0.15) is 31.2 Å². The number of ether oxygens (including phenoxy) is 1. The first-order chi connectivity index (χ1) is 17.3. The summed E-state index contributed by atoms with van der Waals surface area (Å²) in [7, 11) is -3.60. The highest BCUT2D eigenvalue weighted by molar-refractivity contribution is 7.89. The number of anilines is 1. The minimum atomic E-state index is -3.60. The van der Waals surface area contributed by atoms with Gasteiger partial charge in [0.05, 0.1) is 22.9 Å². The molecule has 1 aliphatic carbocycles. The normalized spacial score (nSPS) is 17.4. The second-order valence-electron chi connectivity index (χ2n) is 9.24. The fraction of sp³-hybridized carbons (Fsp3) is 0.385. The maximum atomic E-state index is 13.6. The van der Waals surface area contributed by atoms with Crippen LogP contribution in [0.25, 0.3) is 5.69 Å². The lowest BCUT2D eigenvalue weighted by Crippen LogP contribution is -2.49. The van der Waals surface area contributed by atoms with Crippen LogP contribution >= 0.6 is 11.6 Å². The van der Waals surface area contributed by atoms with E-state index in [1.165, 1.54) is 8.99 Å². The Kier molecular flexibility index (Phi) is 7.05. The second-order valence-corrected chi connectivity index (χ2v) is 11.6. The van der Waals surface area contributed by atoms with E-state index < -0.39 is 10.0 Å². The molecule has 0 atom stereocenters. The molecule has 0 spiro atoms. The first kappa shape index (κ1) is 24.8. The zero-order chi connectivity index (χ0) is 25.3. The molecule has 1 saturated heterocycles. The Balaban J connectivity index is 1.43. The number of halogens is 1. The van der Waals surface area contributed by atoms with Gasteiger partial charge in [-0.15, -0.1) is 0 Å². The fourth-order valence-corrected chi connectivity index (χ4v) is 6.72. The summed E-state index contributed by atoms with van der Waals surface area (Å²) in [5.74, 6) is 0.257. The van der Waals surface area contributed by atoms with E-state index in [-0.39, 0.29) is 17.4 Å². The van der Waals surface area contributed by atoms with Crippen LogP contribution in [-0.4, -0.2) is 54.8 Å². The molecule has 2 aliphatic rings. The van der Waals surface area contributed by atoms with Crippen LogP contribution in [-0.2, 0) is 10.0 Å². The lowest BCUT2D eigenvalue weighted by atomic mass is 10.2. The number of nitrogens with zero attached hydrogens (tertiary/aromatic N) is 4. The van der Waals surface area contributed by atoms with E-state index >= 15 is 0 Å². The molecule has 0 radical (unpaired) electrons. The number of hydrogen-bond acceptors (Lipinski definition) is 6. The van der Waals surface area contributed by atoms with Gasteiger partial charge in [0.2, 0.25) is 15.8 Å². The van der Waals surface area contributed by atoms with Gasteiger partial charge in [0.25, 0.3) is 0 Å². The molecule has 8 nitrogen and oxygen atoms in total. The summed E-state index contributed by atoms with van der Waals surface area (Å²) in [6.07, 6.45) is 5.57. The van der Waals surface area contributed by atoms with Gasteiger partial charge in [-0.25, -0.2) is 8.42 Å². The molecule has 190 valence electrons. The lowest BCUT2D eigenvalue weighted by molar-refractivity contribution is 0.205. The van der Waals surface area contributed by atoms with Crippen molar-refractivity contribution in [1.82, 2.24) is 14.1 Å². The van der Waals surface area contributed by atoms with Gasteiger partial charge in [-0.1, -0.05) is 35.9 Å². The SMILES string of the molecule is Cc1ccccc1S(=O)(=O)N1CCN(c2cnn(-c3cccc(Cl)c3)c(=O)c2OC2CCCC2)CC1. The minimum absolute atomic E-state index is 0.0191. The van der Waals surface area contributed by atoms with Gasteiger partial charge in [-0.05, 0) is 62.4 Å². The van der Waals surface area contributed by atoms with Crippen molar-refractivity contribution >= 4 is 27.3 Å². The van der Waals surface area contributed by atoms with Crippen LogP contribution in [0.15, 0.2) is 64.4 Å². The Labute approximate surface area is 216 Å². The number of piperazine rings is 1. The highest BCUT2D eigenvalue weighted by atomic mass is 35.5. The molecule has 2 aromatic carbocycles. The summed E-state index contributed by atoms with van der Waals surface area (Å²) in [6.45, 7) is 3.26. The molecular weight excluding hydrogens is 500 g/mol. The van der Waals surface area contributed by atoms with E-state index in [9.17, 15) is 13.2 Å². The summed E-state index contributed by atoms with van der Waals surface area (Å²) >= 11 is 6.15. The van der Waals surface area contributed by atoms with Crippen molar-refractivity contribution in [3.05, 3.63) is 75.7 Å². The zero-order valence-electron chi connectivity index (χ0n) is 20.1. The van der Waals surface area contributed by atoms with Gasteiger partial charge < -0.3 is 9.64 Å². The van der Waals surface area contributed by atoms with E-state index in [1.54, 1.807) is 55.6 Å². The minimum Gasteiger partial charge on any atom is -0.483 e. The van der Waals surface area contributed by atoms with Crippen LogP contribution in [0.4, 0.5) is 5.69 Å². The fourth-order valence-electron chi connectivity index (χ4n) is 4.88. The molecular formula is C26H29ClN4O4S. The first-order valence-electron chi connectivity index (χ1n) is 12.2. The van der Waals surface area contributed by atoms with E-state index in [0.717, 1.165) is 31.2 Å². The standard InChI is InChI=1S/C26H29ClN4O4S/c1-19-7-2-5-12-24(19)36(33,34)30-15-13-29(14-16-30)23-18-28-31(21-9-6-8-20(27)17-21)26(32)25(23)35-22-10-3-4-11-22/h2,5-9,12,17-18,22H,3-4,10-11,13-16H2,1H3. The average Bonchev–Trinajstić information content (AvgIpc) is 3.39. The van der Waals surface area contributed by atoms with E-state index in [0.29, 0.717) is 47.5 Å². The van der Waals surface area contributed by atoms with Gasteiger partial charge >= 0.3 is 5.56 Å². The number of aryl methyl sites for hydroxylation is 1. The summed E-state index contributed by atoms with van der Waals surface area (Å²) in [6, 6.07) is 14.0. The topological polar surface area (TPSA) is 84.7 Å². The second kappa shape index (κ2) is 10.2. The summed E-state index contributed by atoms with van der Waals surface area (Å²) in [5, 5.41) is 4.93. The number of rotatable bonds is 6. The highest BCUT2D eigenvalue weighted by Crippen LogP contribution is 2.31. The van der Waals surface area contributed by atoms with Crippen molar-refractivity contribution in [3.63, 3.8) is 0 Å². The third-order valence-electron chi connectivity index (χ3n) is 6.84. The van der Waals surface area contributed by atoms with Crippen LogP contribution in [0.5, 0.6) is 5.75 Å². The number of sulfonamides is 1. The van der Waals surface area contributed by atoms with Crippen LogP contribution in [0.2, 0.25) is 5.02 Å². The Bertz CT molecular complexity index is 1410. The quantitative estimate of drug-likeness (QED) is 0.480. The van der Waals surface area contributed by atoms with E-state index in [2.05, 4.69) is 5.10 Å². The van der Waals surface area contributed by atoms with Crippen molar-refractivity contribution in [2.75, 3.05) is 31.1 Å².